The van der Waals surface area contributed by atoms with E-state index in [4.69, 9.17) is 4.43 Å². The molecule has 0 saturated heterocycles. The number of hydrogen-bond donors (Lipinski definition) is 0. The lowest BCUT2D eigenvalue weighted by Crippen LogP contribution is -2.28. The van der Waals surface area contributed by atoms with Gasteiger partial charge in [-0.15, -0.1) is 0 Å². The molecular weight excluding hydrogens is 266 g/mol. The molecular formula is C16H31NO2Si. The Labute approximate surface area is 126 Å². The molecule has 1 aliphatic rings. The molecule has 0 aromatic carbocycles. The molecule has 0 spiro atoms. The molecule has 116 valence electrons. The maximum absolute atomic E-state index is 12.4. The van der Waals surface area contributed by atoms with Gasteiger partial charge in [0.15, 0.2) is 5.78 Å². The number of carbonyl (C=O) groups is 1. The Bertz CT molecular complexity index is 378. The van der Waals surface area contributed by atoms with Gasteiger partial charge in [0.25, 0.3) is 0 Å². The Hall–Kier alpha value is -0.613. The lowest BCUT2D eigenvalue weighted by molar-refractivity contribution is -0.116. The van der Waals surface area contributed by atoms with Crippen LogP contribution in [0.3, 0.4) is 0 Å². The Morgan fingerprint density at radius 2 is 1.80 bits per heavy atom. The van der Waals surface area contributed by atoms with Crippen molar-refractivity contribution in [3.05, 3.63) is 11.3 Å². The van der Waals surface area contributed by atoms with Gasteiger partial charge >= 0.3 is 0 Å². The zero-order valence-corrected chi connectivity index (χ0v) is 15.4. The van der Waals surface area contributed by atoms with Crippen LogP contribution in [0.4, 0.5) is 0 Å². The Morgan fingerprint density at radius 3 is 2.20 bits per heavy atom. The van der Waals surface area contributed by atoms with Crippen molar-refractivity contribution in [2.75, 3.05) is 19.6 Å². The lowest BCUT2D eigenvalue weighted by Gasteiger charge is -2.30. The molecule has 0 N–H and O–H groups in total. The van der Waals surface area contributed by atoms with Crippen molar-refractivity contribution < 1.29 is 9.22 Å². The van der Waals surface area contributed by atoms with Crippen LogP contribution in [0.5, 0.6) is 0 Å². The predicted molar refractivity (Wildman–Crippen MR) is 87.3 cm³/mol. The second kappa shape index (κ2) is 6.90. The molecule has 0 aromatic rings. The van der Waals surface area contributed by atoms with Crippen LogP contribution in [0.15, 0.2) is 11.3 Å². The molecule has 1 atom stereocenters. The number of Topliss-reactive ketones (excluding diaryl/α,β-unsaturated/α-hetero) is 1. The Balaban J connectivity index is 3.10. The topological polar surface area (TPSA) is 29.5 Å². The maximum atomic E-state index is 12.4. The van der Waals surface area contributed by atoms with Gasteiger partial charge in [-0.1, -0.05) is 34.6 Å². The van der Waals surface area contributed by atoms with Crippen molar-refractivity contribution in [1.82, 2.24) is 4.90 Å². The van der Waals surface area contributed by atoms with Gasteiger partial charge in [-0.2, -0.15) is 0 Å². The number of nitrogens with zero attached hydrogens (tertiary/aromatic N) is 1. The average Bonchev–Trinajstić information content (AvgIpc) is 2.62. The van der Waals surface area contributed by atoms with Crippen LogP contribution in [0.1, 0.15) is 41.0 Å². The number of carbonyl (C=O) groups excluding carboxylic acids is 1. The summed E-state index contributed by atoms with van der Waals surface area (Å²) in [5.41, 5.74) is 1.02. The van der Waals surface area contributed by atoms with Gasteiger partial charge < -0.3 is 4.43 Å². The van der Waals surface area contributed by atoms with Gasteiger partial charge in [-0.05, 0) is 31.6 Å². The molecule has 0 bridgehead atoms. The lowest BCUT2D eigenvalue weighted by atomic mass is 9.79. The molecule has 0 heterocycles. The summed E-state index contributed by atoms with van der Waals surface area (Å²) in [5, 5.41) is 0. The first-order chi connectivity index (χ1) is 9.20. The summed E-state index contributed by atoms with van der Waals surface area (Å²) >= 11 is 0. The first-order valence-electron chi connectivity index (χ1n) is 7.85. The molecule has 0 fully saturated rings. The van der Waals surface area contributed by atoms with Crippen LogP contribution in [-0.4, -0.2) is 39.4 Å². The summed E-state index contributed by atoms with van der Waals surface area (Å²) in [6.45, 7) is 17.9. The minimum Gasteiger partial charge on any atom is -0.549 e. The van der Waals surface area contributed by atoms with E-state index in [9.17, 15) is 4.79 Å². The summed E-state index contributed by atoms with van der Waals surface area (Å²) in [7, 11) is -1.19. The van der Waals surface area contributed by atoms with E-state index < -0.39 is 9.04 Å². The number of likely N-dealkylation sites (N-methyl/N-ethyl adjacent to an activating group) is 1. The molecule has 3 nitrogen and oxygen atoms in total. The Kier molecular flexibility index (Phi) is 6.01. The highest BCUT2D eigenvalue weighted by atomic mass is 28.3. The van der Waals surface area contributed by atoms with Gasteiger partial charge in [0.05, 0.1) is 5.76 Å². The highest BCUT2D eigenvalue weighted by Gasteiger charge is 2.40. The predicted octanol–water partition coefficient (Wildman–Crippen LogP) is 3.22. The highest BCUT2D eigenvalue weighted by molar-refractivity contribution is 6.48. The van der Waals surface area contributed by atoms with E-state index in [-0.39, 0.29) is 11.3 Å². The molecule has 0 saturated carbocycles. The zero-order valence-electron chi connectivity index (χ0n) is 14.2. The van der Waals surface area contributed by atoms with Crippen molar-refractivity contribution in [1.29, 1.82) is 0 Å². The highest BCUT2D eigenvalue weighted by Crippen LogP contribution is 2.42. The second-order valence-corrected chi connectivity index (χ2v) is 9.35. The molecule has 20 heavy (non-hydrogen) atoms. The summed E-state index contributed by atoms with van der Waals surface area (Å²) in [6.07, 6.45) is 0.622. The molecule has 0 radical (unpaired) electrons. The van der Waals surface area contributed by atoms with Gasteiger partial charge in [0.2, 0.25) is 9.04 Å². The van der Waals surface area contributed by atoms with E-state index in [1.165, 1.54) is 0 Å². The van der Waals surface area contributed by atoms with E-state index in [0.29, 0.717) is 12.2 Å². The van der Waals surface area contributed by atoms with Crippen molar-refractivity contribution in [2.24, 2.45) is 11.3 Å². The molecule has 0 aromatic heterocycles. The number of ketones is 1. The largest absolute Gasteiger partial charge is 0.549 e. The third-order valence-corrected chi connectivity index (χ3v) is 4.75. The van der Waals surface area contributed by atoms with E-state index >= 15 is 0 Å². The Morgan fingerprint density at radius 1 is 1.25 bits per heavy atom. The minimum absolute atomic E-state index is 0.0826. The summed E-state index contributed by atoms with van der Waals surface area (Å²) in [6, 6.07) is 0. The second-order valence-electron chi connectivity index (χ2n) is 7.02. The van der Waals surface area contributed by atoms with Crippen LogP contribution in [0.25, 0.3) is 0 Å². The quantitative estimate of drug-likeness (QED) is 0.705. The van der Waals surface area contributed by atoms with Gasteiger partial charge in [-0.3, -0.25) is 9.69 Å². The summed E-state index contributed by atoms with van der Waals surface area (Å²) in [5.74, 6) is 1.55. The van der Waals surface area contributed by atoms with Crippen LogP contribution in [0.2, 0.25) is 13.1 Å². The van der Waals surface area contributed by atoms with Crippen molar-refractivity contribution in [3.8, 4) is 0 Å². The van der Waals surface area contributed by atoms with E-state index in [1.807, 2.05) is 0 Å². The SMILES string of the molecule is CCN(CC)CC1=C(O[SiH](C)C)C(C(C)(C)C)CC1=O. The van der Waals surface area contributed by atoms with E-state index in [2.05, 4.69) is 52.6 Å². The first-order valence-corrected chi connectivity index (χ1v) is 10.6. The van der Waals surface area contributed by atoms with E-state index in [1.54, 1.807) is 0 Å². The van der Waals surface area contributed by atoms with Crippen molar-refractivity contribution >= 4 is 14.8 Å². The normalized spacial score (nSPS) is 20.4. The monoisotopic (exact) mass is 297 g/mol. The van der Waals surface area contributed by atoms with Crippen LogP contribution in [0, 0.1) is 11.3 Å². The summed E-state index contributed by atoms with van der Waals surface area (Å²) < 4.78 is 6.19. The minimum atomic E-state index is -1.19. The van der Waals surface area contributed by atoms with E-state index in [0.717, 1.165) is 31.0 Å². The number of rotatable bonds is 6. The van der Waals surface area contributed by atoms with Gasteiger partial charge in [-0.25, -0.2) is 0 Å². The first kappa shape index (κ1) is 17.4. The maximum Gasteiger partial charge on any atom is 0.229 e. The van der Waals surface area contributed by atoms with Gasteiger partial charge in [0, 0.05) is 24.5 Å². The smallest absolute Gasteiger partial charge is 0.229 e. The third-order valence-electron chi connectivity index (χ3n) is 4.02. The fourth-order valence-corrected chi connectivity index (χ4v) is 3.51. The molecule has 1 aliphatic carbocycles. The van der Waals surface area contributed by atoms with Crippen molar-refractivity contribution in [2.45, 2.75) is 54.1 Å². The fraction of sp³-hybridized carbons (Fsp3) is 0.812. The summed E-state index contributed by atoms with van der Waals surface area (Å²) in [4.78, 5) is 14.7. The molecule has 0 amide bonds. The van der Waals surface area contributed by atoms with Crippen LogP contribution in [-0.2, 0) is 9.22 Å². The number of hydrogen-bond acceptors (Lipinski definition) is 3. The van der Waals surface area contributed by atoms with Crippen LogP contribution >= 0.6 is 0 Å². The third kappa shape index (κ3) is 4.19. The van der Waals surface area contributed by atoms with Gasteiger partial charge in [0.1, 0.15) is 0 Å². The fourth-order valence-electron chi connectivity index (χ4n) is 2.69. The van der Waals surface area contributed by atoms with Crippen LogP contribution < -0.4 is 0 Å². The molecule has 1 rings (SSSR count). The number of allylic oxidation sites excluding steroid dienone is 1. The standard InChI is InChI=1S/C16H31NO2Si/c1-8-17(9-2)11-12-14(18)10-13(16(3,4)5)15(12)19-20(6)7/h13,20H,8-11H2,1-7H3. The average molecular weight is 298 g/mol. The zero-order chi connectivity index (χ0) is 15.5. The van der Waals surface area contributed by atoms with Crippen molar-refractivity contribution in [3.63, 3.8) is 0 Å². The molecule has 0 aliphatic heterocycles. The molecule has 4 heteroatoms. The molecule has 1 unspecified atom stereocenters.